The van der Waals surface area contributed by atoms with Crippen LogP contribution < -0.4 is 22.1 Å². The van der Waals surface area contributed by atoms with Gasteiger partial charge in [0.25, 0.3) is 0 Å². The lowest BCUT2D eigenvalue weighted by Gasteiger charge is -2.32. The zero-order chi connectivity index (χ0) is 21.8. The second-order valence-corrected chi connectivity index (χ2v) is 8.87. The van der Waals surface area contributed by atoms with Gasteiger partial charge in [-0.05, 0) is 74.0 Å². The van der Waals surface area contributed by atoms with Gasteiger partial charge in [0.15, 0.2) is 5.82 Å². The van der Waals surface area contributed by atoms with Gasteiger partial charge in [0.05, 0.1) is 5.69 Å². The maximum Gasteiger partial charge on any atom is 0.169 e. The first-order chi connectivity index (χ1) is 15.8. The van der Waals surface area contributed by atoms with Crippen molar-refractivity contribution in [2.24, 2.45) is 0 Å². The van der Waals surface area contributed by atoms with Crippen molar-refractivity contribution >= 4 is 17.3 Å². The molecule has 32 heavy (non-hydrogen) atoms. The van der Waals surface area contributed by atoms with Gasteiger partial charge in [-0.3, -0.25) is 5.43 Å². The predicted molar refractivity (Wildman–Crippen MR) is 131 cm³/mol. The lowest BCUT2D eigenvalue weighted by Crippen LogP contribution is -2.33. The molecule has 1 saturated heterocycles. The van der Waals surface area contributed by atoms with Gasteiger partial charge in [-0.1, -0.05) is 60.7 Å². The highest BCUT2D eigenvalue weighted by atomic mass is 15.6. The first-order valence-corrected chi connectivity index (χ1v) is 11.7. The Hall–Kier alpha value is -3.09. The van der Waals surface area contributed by atoms with Crippen molar-refractivity contribution in [2.45, 2.75) is 37.5 Å². The summed E-state index contributed by atoms with van der Waals surface area (Å²) >= 11 is 0. The fraction of sp³-hybridized carbons (Fsp3) is 0.346. The molecule has 0 saturated carbocycles. The lowest BCUT2D eigenvalue weighted by atomic mass is 9.86. The summed E-state index contributed by atoms with van der Waals surface area (Å²) in [6, 6.07) is 23.7. The fourth-order valence-corrected chi connectivity index (χ4v) is 5.16. The molecule has 5 N–H and O–H groups in total. The fourth-order valence-electron chi connectivity index (χ4n) is 5.16. The highest BCUT2D eigenvalue weighted by Crippen LogP contribution is 2.39. The minimum atomic E-state index is 0.270. The van der Waals surface area contributed by atoms with Gasteiger partial charge >= 0.3 is 0 Å². The number of nitrogens with two attached hydrogens (primary N) is 1. The van der Waals surface area contributed by atoms with Gasteiger partial charge in [-0.25, -0.2) is 4.98 Å². The van der Waals surface area contributed by atoms with Crippen LogP contribution in [-0.2, 0) is 0 Å². The number of fused-ring (bicyclic) bond motifs is 1. The van der Waals surface area contributed by atoms with Crippen LogP contribution >= 0.6 is 0 Å². The van der Waals surface area contributed by atoms with E-state index in [0.717, 1.165) is 30.9 Å². The van der Waals surface area contributed by atoms with Crippen molar-refractivity contribution in [3.8, 4) is 0 Å². The van der Waals surface area contributed by atoms with Crippen LogP contribution in [0.5, 0.6) is 0 Å². The van der Waals surface area contributed by atoms with Crippen molar-refractivity contribution in [3.63, 3.8) is 0 Å². The second-order valence-electron chi connectivity index (χ2n) is 8.87. The van der Waals surface area contributed by atoms with E-state index in [-0.39, 0.29) is 5.92 Å². The van der Waals surface area contributed by atoms with E-state index in [2.05, 4.69) is 86.9 Å². The van der Waals surface area contributed by atoms with Crippen LogP contribution in [0.15, 0.2) is 66.7 Å². The maximum atomic E-state index is 6.14. The second kappa shape index (κ2) is 9.59. The van der Waals surface area contributed by atoms with E-state index >= 15 is 0 Å². The Balaban J connectivity index is 1.24. The Morgan fingerprint density at radius 2 is 1.69 bits per heavy atom. The summed E-state index contributed by atoms with van der Waals surface area (Å²) in [5.41, 5.74) is 20.4. The Bertz CT molecular complexity index is 1020. The smallest absolute Gasteiger partial charge is 0.169 e. The van der Waals surface area contributed by atoms with Crippen LogP contribution in [0, 0.1) is 0 Å². The number of likely N-dealkylation sites (tertiary alicyclic amines) is 1. The zero-order valence-electron chi connectivity index (χ0n) is 18.4. The number of nitrogens with one attached hydrogen (secondary N) is 3. The molecule has 5 rings (SSSR count). The summed E-state index contributed by atoms with van der Waals surface area (Å²) in [6.45, 7) is 3.50. The molecule has 2 aromatic carbocycles. The third-order valence-corrected chi connectivity index (χ3v) is 6.84. The summed E-state index contributed by atoms with van der Waals surface area (Å²) in [4.78, 5) is 7.04. The summed E-state index contributed by atoms with van der Waals surface area (Å²) in [5, 5.41) is 0. The topological polar surface area (TPSA) is 78.2 Å². The van der Waals surface area contributed by atoms with Gasteiger partial charge in [0.2, 0.25) is 0 Å². The minimum Gasteiger partial charge on any atom is -0.384 e. The number of hydrogen-bond acceptors (Lipinski definition) is 6. The molecule has 3 heterocycles. The molecule has 6 heteroatoms. The number of benzene rings is 2. The molecule has 1 fully saturated rings. The molecule has 2 aliphatic rings. The quantitative estimate of drug-likeness (QED) is 0.436. The molecule has 0 spiro atoms. The largest absolute Gasteiger partial charge is 0.384 e. The van der Waals surface area contributed by atoms with Crippen LogP contribution in [0.4, 0.5) is 17.3 Å². The number of piperidine rings is 1. The number of hydrazine groups is 2. The highest BCUT2D eigenvalue weighted by molar-refractivity contribution is 5.75. The van der Waals surface area contributed by atoms with E-state index < -0.39 is 0 Å². The van der Waals surface area contributed by atoms with Gasteiger partial charge in [0, 0.05) is 5.92 Å². The SMILES string of the molecule is Nc1cc([C@H](CCCN2CCC(c3ccccc3)CC2)c2ccccc2)c2c(n1)NNN2. The van der Waals surface area contributed by atoms with E-state index in [9.17, 15) is 0 Å². The molecule has 0 unspecified atom stereocenters. The van der Waals surface area contributed by atoms with Crippen LogP contribution in [0.3, 0.4) is 0 Å². The molecule has 0 radical (unpaired) electrons. The van der Waals surface area contributed by atoms with E-state index in [0.29, 0.717) is 11.7 Å². The monoisotopic (exact) mass is 428 g/mol. The third-order valence-electron chi connectivity index (χ3n) is 6.84. The number of anilines is 3. The van der Waals surface area contributed by atoms with Crippen molar-refractivity contribution in [2.75, 3.05) is 36.2 Å². The van der Waals surface area contributed by atoms with Gasteiger partial charge in [0.1, 0.15) is 5.82 Å². The maximum absolute atomic E-state index is 6.14. The molecule has 166 valence electrons. The Morgan fingerprint density at radius 1 is 0.969 bits per heavy atom. The van der Waals surface area contributed by atoms with E-state index in [1.807, 2.05) is 6.07 Å². The Kier molecular flexibility index (Phi) is 6.23. The molecule has 1 atom stereocenters. The summed E-state index contributed by atoms with van der Waals surface area (Å²) in [5.74, 6) is 2.29. The molecule has 1 aromatic heterocycles. The number of aromatic nitrogens is 1. The number of nitrogens with zero attached hydrogens (tertiary/aromatic N) is 2. The highest BCUT2D eigenvalue weighted by Gasteiger charge is 2.25. The van der Waals surface area contributed by atoms with Crippen molar-refractivity contribution in [1.29, 1.82) is 0 Å². The van der Waals surface area contributed by atoms with Gasteiger partial charge < -0.3 is 16.1 Å². The van der Waals surface area contributed by atoms with Crippen LogP contribution in [0.1, 0.15) is 54.2 Å². The first kappa shape index (κ1) is 20.8. The summed E-state index contributed by atoms with van der Waals surface area (Å²) < 4.78 is 0. The average Bonchev–Trinajstić information content (AvgIpc) is 3.31. The van der Waals surface area contributed by atoms with Gasteiger partial charge in [-0.15, -0.1) is 5.53 Å². The van der Waals surface area contributed by atoms with E-state index in [1.165, 1.54) is 42.6 Å². The Morgan fingerprint density at radius 3 is 2.44 bits per heavy atom. The first-order valence-electron chi connectivity index (χ1n) is 11.7. The summed E-state index contributed by atoms with van der Waals surface area (Å²) in [6.07, 6.45) is 4.72. The van der Waals surface area contributed by atoms with E-state index in [1.54, 1.807) is 0 Å². The van der Waals surface area contributed by atoms with Crippen LogP contribution in [-0.4, -0.2) is 29.5 Å². The number of pyridine rings is 1. The van der Waals surface area contributed by atoms with Crippen molar-refractivity contribution in [3.05, 3.63) is 83.4 Å². The van der Waals surface area contributed by atoms with Crippen molar-refractivity contribution < 1.29 is 0 Å². The number of nitrogen functional groups attached to an aromatic ring is 1. The third kappa shape index (κ3) is 4.56. The number of hydrogen-bond donors (Lipinski definition) is 4. The predicted octanol–water partition coefficient (Wildman–Crippen LogP) is 4.71. The van der Waals surface area contributed by atoms with Crippen LogP contribution in [0.2, 0.25) is 0 Å². The van der Waals surface area contributed by atoms with Gasteiger partial charge in [-0.2, -0.15) is 0 Å². The molecule has 0 bridgehead atoms. The normalized spacial score (nSPS) is 17.4. The van der Waals surface area contributed by atoms with Crippen LogP contribution in [0.25, 0.3) is 0 Å². The average molecular weight is 429 g/mol. The Labute approximate surface area is 190 Å². The van der Waals surface area contributed by atoms with E-state index in [4.69, 9.17) is 5.73 Å². The molecule has 2 aliphatic heterocycles. The molecule has 3 aromatic rings. The molecule has 0 amide bonds. The molecular formula is C26H32N6. The molecule has 6 nitrogen and oxygen atoms in total. The summed E-state index contributed by atoms with van der Waals surface area (Å²) in [7, 11) is 0. The number of rotatable bonds is 7. The minimum absolute atomic E-state index is 0.270. The molecular weight excluding hydrogens is 396 g/mol. The standard InChI is InChI=1S/C26H32N6/c27-24-18-23(25-26(28-24)30-31-29-25)22(21-10-5-2-6-11-21)12-7-15-32-16-13-20(14-17-32)19-8-3-1-4-9-19/h1-6,8-11,18,20,22,29,31H,7,12-17H2,(H3,27,28,30)/t22-/m1/s1. The lowest BCUT2D eigenvalue weighted by molar-refractivity contribution is 0.208. The van der Waals surface area contributed by atoms with Crippen molar-refractivity contribution in [1.82, 2.24) is 15.4 Å². The molecule has 0 aliphatic carbocycles. The zero-order valence-corrected chi connectivity index (χ0v) is 18.4.